The van der Waals surface area contributed by atoms with Crippen LogP contribution in [0.4, 0.5) is 0 Å². The highest BCUT2D eigenvalue weighted by Crippen LogP contribution is 2.17. The van der Waals surface area contributed by atoms with E-state index < -0.39 is 0 Å². The van der Waals surface area contributed by atoms with Gasteiger partial charge in [0.05, 0.1) is 6.61 Å². The molecule has 6 heteroatoms. The van der Waals surface area contributed by atoms with Gasteiger partial charge in [0, 0.05) is 37.5 Å². The third kappa shape index (κ3) is 3.71. The number of aliphatic hydroxyl groups excluding tert-OH is 1. The predicted molar refractivity (Wildman–Crippen MR) is 80.3 cm³/mol. The highest BCUT2D eigenvalue weighted by Gasteiger charge is 2.27. The molecule has 0 saturated carbocycles. The van der Waals surface area contributed by atoms with E-state index in [1.807, 2.05) is 0 Å². The summed E-state index contributed by atoms with van der Waals surface area (Å²) in [5.74, 6) is -0.170. The normalized spacial score (nSPS) is 16.9. The van der Waals surface area contributed by atoms with E-state index in [1.54, 1.807) is 24.2 Å². The lowest BCUT2D eigenvalue weighted by Crippen LogP contribution is -2.47. The third-order valence-electron chi connectivity index (χ3n) is 4.08. The number of amides is 1. The van der Waals surface area contributed by atoms with Gasteiger partial charge in [-0.05, 0) is 39.0 Å². The molecule has 0 spiro atoms. The SMILES string of the molecule is CN1CCC(N(CCO)C(=O)c2ccn(C)c(=O)c2)CC1. The van der Waals surface area contributed by atoms with Crippen LogP contribution in [-0.4, -0.2) is 64.7 Å². The highest BCUT2D eigenvalue weighted by atomic mass is 16.3. The van der Waals surface area contributed by atoms with E-state index in [0.29, 0.717) is 12.1 Å². The first-order valence-electron chi connectivity index (χ1n) is 7.30. The second kappa shape index (κ2) is 6.87. The number of hydrogen-bond donors (Lipinski definition) is 1. The van der Waals surface area contributed by atoms with Crippen LogP contribution in [0.25, 0.3) is 0 Å². The van der Waals surface area contributed by atoms with Crippen molar-refractivity contribution in [2.75, 3.05) is 33.3 Å². The first-order chi connectivity index (χ1) is 10.0. The zero-order valence-corrected chi connectivity index (χ0v) is 12.7. The first kappa shape index (κ1) is 15.7. The number of nitrogens with zero attached hydrogens (tertiary/aromatic N) is 3. The molecule has 1 amide bonds. The Bertz CT molecular complexity index is 547. The third-order valence-corrected chi connectivity index (χ3v) is 4.08. The van der Waals surface area contributed by atoms with Gasteiger partial charge in [-0.25, -0.2) is 0 Å². The number of carbonyl (C=O) groups excluding carboxylic acids is 1. The number of likely N-dealkylation sites (tertiary alicyclic amines) is 1. The standard InChI is InChI=1S/C15H23N3O3/c1-16-6-4-13(5-7-16)18(9-10-19)15(21)12-3-8-17(2)14(20)11-12/h3,8,11,13,19H,4-7,9-10H2,1-2H3. The van der Waals surface area contributed by atoms with Gasteiger partial charge in [-0.3, -0.25) is 9.59 Å². The van der Waals surface area contributed by atoms with Crippen molar-refractivity contribution >= 4 is 5.91 Å². The molecule has 0 bridgehead atoms. The predicted octanol–water partition coefficient (Wildman–Crippen LogP) is -0.0860. The second-order valence-corrected chi connectivity index (χ2v) is 5.62. The van der Waals surface area contributed by atoms with Gasteiger partial charge >= 0.3 is 0 Å². The number of aliphatic hydroxyl groups is 1. The topological polar surface area (TPSA) is 65.8 Å². The number of aromatic nitrogens is 1. The zero-order chi connectivity index (χ0) is 15.4. The molecular formula is C15H23N3O3. The molecule has 1 N–H and O–H groups in total. The van der Waals surface area contributed by atoms with E-state index in [1.165, 1.54) is 10.6 Å². The van der Waals surface area contributed by atoms with Crippen LogP contribution >= 0.6 is 0 Å². The van der Waals surface area contributed by atoms with Crippen molar-refractivity contribution in [1.82, 2.24) is 14.4 Å². The molecule has 0 unspecified atom stereocenters. The number of piperidine rings is 1. The maximum absolute atomic E-state index is 12.6. The second-order valence-electron chi connectivity index (χ2n) is 5.62. The van der Waals surface area contributed by atoms with E-state index in [-0.39, 0.29) is 24.1 Å². The van der Waals surface area contributed by atoms with E-state index in [4.69, 9.17) is 0 Å². The molecule has 1 aliphatic rings. The van der Waals surface area contributed by atoms with Gasteiger partial charge in [-0.15, -0.1) is 0 Å². The summed E-state index contributed by atoms with van der Waals surface area (Å²) in [5, 5.41) is 9.24. The summed E-state index contributed by atoms with van der Waals surface area (Å²) in [6, 6.07) is 3.15. The molecule has 0 atom stereocenters. The Morgan fingerprint density at radius 3 is 2.62 bits per heavy atom. The van der Waals surface area contributed by atoms with Gasteiger partial charge < -0.3 is 19.5 Å². The molecule has 6 nitrogen and oxygen atoms in total. The smallest absolute Gasteiger partial charge is 0.254 e. The molecule has 1 aromatic heterocycles. The lowest BCUT2D eigenvalue weighted by Gasteiger charge is -2.37. The van der Waals surface area contributed by atoms with Crippen molar-refractivity contribution in [1.29, 1.82) is 0 Å². The quantitative estimate of drug-likeness (QED) is 0.843. The fourth-order valence-electron chi connectivity index (χ4n) is 2.71. The molecule has 0 aliphatic carbocycles. The van der Waals surface area contributed by atoms with Gasteiger partial charge in [-0.2, -0.15) is 0 Å². The fourth-order valence-corrected chi connectivity index (χ4v) is 2.71. The van der Waals surface area contributed by atoms with Crippen molar-refractivity contribution in [2.45, 2.75) is 18.9 Å². The maximum atomic E-state index is 12.6. The largest absolute Gasteiger partial charge is 0.395 e. The summed E-state index contributed by atoms with van der Waals surface area (Å²) < 4.78 is 1.43. The number of aryl methyl sites for hydroxylation is 1. The Labute approximate surface area is 124 Å². The van der Waals surface area contributed by atoms with Crippen LogP contribution in [0.2, 0.25) is 0 Å². The van der Waals surface area contributed by atoms with E-state index >= 15 is 0 Å². The van der Waals surface area contributed by atoms with Crippen molar-refractivity contribution in [3.63, 3.8) is 0 Å². The molecule has 1 aromatic rings. The number of pyridine rings is 1. The molecule has 1 fully saturated rings. The minimum atomic E-state index is -0.201. The summed E-state index contributed by atoms with van der Waals surface area (Å²) in [4.78, 5) is 28.3. The van der Waals surface area contributed by atoms with Crippen LogP contribution in [0, 0.1) is 0 Å². The zero-order valence-electron chi connectivity index (χ0n) is 12.7. The van der Waals surface area contributed by atoms with Crippen molar-refractivity contribution < 1.29 is 9.90 Å². The molecule has 21 heavy (non-hydrogen) atoms. The van der Waals surface area contributed by atoms with Crippen LogP contribution in [-0.2, 0) is 7.05 Å². The molecular weight excluding hydrogens is 270 g/mol. The molecule has 1 aliphatic heterocycles. The lowest BCUT2D eigenvalue weighted by molar-refractivity contribution is 0.0539. The lowest BCUT2D eigenvalue weighted by atomic mass is 10.0. The average molecular weight is 293 g/mol. The first-order valence-corrected chi connectivity index (χ1v) is 7.30. The van der Waals surface area contributed by atoms with Gasteiger partial charge in [0.1, 0.15) is 0 Å². The van der Waals surface area contributed by atoms with Crippen LogP contribution in [0.1, 0.15) is 23.2 Å². The Morgan fingerprint density at radius 1 is 1.38 bits per heavy atom. The van der Waals surface area contributed by atoms with Crippen LogP contribution in [0.5, 0.6) is 0 Å². The fraction of sp³-hybridized carbons (Fsp3) is 0.600. The Hall–Kier alpha value is -1.66. The molecule has 0 radical (unpaired) electrons. The Balaban J connectivity index is 2.18. The molecule has 0 aromatic carbocycles. The van der Waals surface area contributed by atoms with Crippen molar-refractivity contribution in [3.8, 4) is 0 Å². The average Bonchev–Trinajstić information content (AvgIpc) is 2.48. The molecule has 2 heterocycles. The summed E-state index contributed by atoms with van der Waals surface area (Å²) in [5.41, 5.74) is 0.193. The molecule has 2 rings (SSSR count). The van der Waals surface area contributed by atoms with Crippen LogP contribution < -0.4 is 5.56 Å². The number of carbonyl (C=O) groups is 1. The van der Waals surface area contributed by atoms with E-state index in [2.05, 4.69) is 11.9 Å². The summed E-state index contributed by atoms with van der Waals surface area (Å²) in [6.45, 7) is 2.12. The highest BCUT2D eigenvalue weighted by molar-refractivity contribution is 5.94. The van der Waals surface area contributed by atoms with Gasteiger partial charge in [0.25, 0.3) is 11.5 Å². The minimum Gasteiger partial charge on any atom is -0.395 e. The Kier molecular flexibility index (Phi) is 5.14. The number of hydrogen-bond acceptors (Lipinski definition) is 4. The monoisotopic (exact) mass is 293 g/mol. The van der Waals surface area contributed by atoms with E-state index in [9.17, 15) is 14.7 Å². The minimum absolute atomic E-state index is 0.0665. The molecule has 116 valence electrons. The Morgan fingerprint density at radius 2 is 2.05 bits per heavy atom. The van der Waals surface area contributed by atoms with Crippen molar-refractivity contribution in [2.24, 2.45) is 7.05 Å². The van der Waals surface area contributed by atoms with Crippen molar-refractivity contribution in [3.05, 3.63) is 34.2 Å². The maximum Gasteiger partial charge on any atom is 0.254 e. The van der Waals surface area contributed by atoms with E-state index in [0.717, 1.165) is 25.9 Å². The van der Waals surface area contributed by atoms with Gasteiger partial charge in [0.2, 0.25) is 0 Å². The van der Waals surface area contributed by atoms with Gasteiger partial charge in [-0.1, -0.05) is 0 Å². The number of rotatable bonds is 4. The van der Waals surface area contributed by atoms with Gasteiger partial charge in [0.15, 0.2) is 0 Å². The van der Waals surface area contributed by atoms with Crippen LogP contribution in [0.3, 0.4) is 0 Å². The summed E-state index contributed by atoms with van der Waals surface area (Å²) in [7, 11) is 3.72. The summed E-state index contributed by atoms with van der Waals surface area (Å²) in [6.07, 6.45) is 3.39. The van der Waals surface area contributed by atoms with Crippen LogP contribution in [0.15, 0.2) is 23.1 Å². The summed E-state index contributed by atoms with van der Waals surface area (Å²) >= 11 is 0. The molecule has 1 saturated heterocycles.